The highest BCUT2D eigenvalue weighted by atomic mass is 16.4. The smallest absolute Gasteiger partial charge is 0.344 e. The topological polar surface area (TPSA) is 70.7 Å². The molecule has 0 saturated carbocycles. The molecule has 10 heavy (non-hydrogen) atoms. The molecule has 4 nitrogen and oxygen atoms in total. The van der Waals surface area contributed by atoms with Gasteiger partial charge in [-0.05, 0) is 0 Å². The van der Waals surface area contributed by atoms with Gasteiger partial charge in [-0.15, -0.1) is 0 Å². The maximum atomic E-state index is 10.6. The highest BCUT2D eigenvalue weighted by molar-refractivity contribution is 5.25. The molecule has 0 saturated heterocycles. The molecule has 0 fully saturated rings. The Hall–Kier alpha value is -1.29. The van der Waals surface area contributed by atoms with Gasteiger partial charge >= 0.3 is 5.63 Å². The quantitative estimate of drug-likeness (QED) is 0.571. The third kappa shape index (κ3) is 1.01. The summed E-state index contributed by atoms with van der Waals surface area (Å²) >= 11 is 0. The molecule has 0 radical (unpaired) electrons. The van der Waals surface area contributed by atoms with Crippen molar-refractivity contribution >= 4 is 0 Å². The minimum atomic E-state index is -0.706. The molecule has 0 aromatic carbocycles. The van der Waals surface area contributed by atoms with Gasteiger partial charge in [-0.3, -0.25) is 0 Å². The molecule has 0 atom stereocenters. The lowest BCUT2D eigenvalue weighted by Crippen LogP contribution is -2.05. The van der Waals surface area contributed by atoms with E-state index < -0.39 is 12.2 Å². The Morgan fingerprint density at radius 1 is 1.60 bits per heavy atom. The van der Waals surface area contributed by atoms with E-state index in [0.29, 0.717) is 0 Å². The van der Waals surface area contributed by atoms with Gasteiger partial charge in [-0.1, -0.05) is 0 Å². The maximum absolute atomic E-state index is 10.6. The largest absolute Gasteiger partial charge is 0.507 e. The lowest BCUT2D eigenvalue weighted by molar-refractivity contribution is 0.267. The highest BCUT2D eigenvalue weighted by Crippen LogP contribution is 2.09. The second kappa shape index (κ2) is 2.53. The van der Waals surface area contributed by atoms with Crippen LogP contribution in [-0.2, 0) is 6.61 Å². The molecule has 4 heteroatoms. The van der Waals surface area contributed by atoms with E-state index in [1.807, 2.05) is 0 Å². The average molecular weight is 142 g/mol. The Labute approximate surface area is 56.4 Å². The van der Waals surface area contributed by atoms with Crippen LogP contribution in [0.2, 0.25) is 0 Å². The van der Waals surface area contributed by atoms with E-state index >= 15 is 0 Å². The van der Waals surface area contributed by atoms with Crippen LogP contribution >= 0.6 is 0 Å². The zero-order chi connectivity index (χ0) is 7.56. The predicted molar refractivity (Wildman–Crippen MR) is 32.6 cm³/mol. The fourth-order valence-corrected chi connectivity index (χ4v) is 0.582. The van der Waals surface area contributed by atoms with Gasteiger partial charge in [0.05, 0.1) is 12.9 Å². The van der Waals surface area contributed by atoms with Crippen LogP contribution in [0, 0.1) is 0 Å². The molecule has 1 aromatic rings. The van der Waals surface area contributed by atoms with Crippen molar-refractivity contribution in [3.8, 4) is 5.75 Å². The Morgan fingerprint density at radius 2 is 2.30 bits per heavy atom. The molecule has 54 valence electrons. The molecule has 1 aromatic heterocycles. The lowest BCUT2D eigenvalue weighted by Gasteiger charge is -1.94. The summed E-state index contributed by atoms with van der Waals surface area (Å²) in [4.78, 5) is 10.6. The Bertz CT molecular complexity index is 275. The van der Waals surface area contributed by atoms with Crippen LogP contribution in [-0.4, -0.2) is 10.2 Å². The SMILES string of the molecule is O=c1occc(O)c1CO. The summed E-state index contributed by atoms with van der Waals surface area (Å²) in [5.41, 5.74) is -0.815. The number of aliphatic hydroxyl groups excluding tert-OH is 1. The monoisotopic (exact) mass is 142 g/mol. The van der Waals surface area contributed by atoms with Crippen LogP contribution in [0.5, 0.6) is 5.75 Å². The predicted octanol–water partition coefficient (Wildman–Crippen LogP) is -0.162. The molecular weight excluding hydrogens is 136 g/mol. The van der Waals surface area contributed by atoms with Crippen LogP contribution in [0.15, 0.2) is 21.5 Å². The number of aromatic hydroxyl groups is 1. The Morgan fingerprint density at radius 3 is 2.70 bits per heavy atom. The molecular formula is C6H6O4. The van der Waals surface area contributed by atoms with Crippen LogP contribution in [0.3, 0.4) is 0 Å². The van der Waals surface area contributed by atoms with Gasteiger partial charge in [0.1, 0.15) is 11.3 Å². The normalized spacial score (nSPS) is 9.70. The molecule has 0 spiro atoms. The summed E-state index contributed by atoms with van der Waals surface area (Å²) in [7, 11) is 0. The summed E-state index contributed by atoms with van der Waals surface area (Å²) in [5, 5.41) is 17.4. The fourth-order valence-electron chi connectivity index (χ4n) is 0.582. The zero-order valence-corrected chi connectivity index (χ0v) is 5.07. The minimum absolute atomic E-state index is 0.109. The van der Waals surface area contributed by atoms with Crippen molar-refractivity contribution in [3.05, 3.63) is 28.3 Å². The Balaban J connectivity index is 3.31. The third-order valence-electron chi connectivity index (χ3n) is 1.11. The highest BCUT2D eigenvalue weighted by Gasteiger charge is 2.03. The van der Waals surface area contributed by atoms with Gasteiger partial charge in [-0.2, -0.15) is 0 Å². The molecule has 0 aliphatic carbocycles. The van der Waals surface area contributed by atoms with E-state index in [2.05, 4.69) is 4.42 Å². The van der Waals surface area contributed by atoms with Gasteiger partial charge in [0, 0.05) is 6.07 Å². The first-order valence-corrected chi connectivity index (χ1v) is 2.66. The van der Waals surface area contributed by atoms with Gasteiger partial charge in [0.15, 0.2) is 0 Å². The van der Waals surface area contributed by atoms with E-state index in [0.717, 1.165) is 6.26 Å². The Kier molecular flexibility index (Phi) is 1.73. The molecule has 0 amide bonds. The standard InChI is InChI=1S/C6H6O4/c7-3-4-5(8)1-2-10-6(4)9/h1-2,7-8H,3H2. The van der Waals surface area contributed by atoms with Crippen molar-refractivity contribution in [2.75, 3.05) is 0 Å². The van der Waals surface area contributed by atoms with E-state index in [4.69, 9.17) is 10.2 Å². The van der Waals surface area contributed by atoms with E-state index in [9.17, 15) is 4.79 Å². The van der Waals surface area contributed by atoms with Crippen molar-refractivity contribution in [1.82, 2.24) is 0 Å². The molecule has 2 N–H and O–H groups in total. The van der Waals surface area contributed by atoms with Crippen molar-refractivity contribution < 1.29 is 14.6 Å². The van der Waals surface area contributed by atoms with Crippen LogP contribution in [0.1, 0.15) is 5.56 Å². The van der Waals surface area contributed by atoms with Gasteiger partial charge in [0.25, 0.3) is 0 Å². The van der Waals surface area contributed by atoms with E-state index in [-0.39, 0.29) is 11.3 Å². The maximum Gasteiger partial charge on any atom is 0.344 e. The summed E-state index contributed by atoms with van der Waals surface area (Å²) in [5.74, 6) is -0.237. The van der Waals surface area contributed by atoms with Gasteiger partial charge in [-0.25, -0.2) is 4.79 Å². The summed E-state index contributed by atoms with van der Waals surface area (Å²) < 4.78 is 4.35. The number of hydrogen-bond acceptors (Lipinski definition) is 4. The molecule has 0 bridgehead atoms. The molecule has 0 unspecified atom stereocenters. The van der Waals surface area contributed by atoms with Crippen molar-refractivity contribution in [2.45, 2.75) is 6.61 Å². The summed E-state index contributed by atoms with van der Waals surface area (Å²) in [6, 6.07) is 1.20. The summed E-state index contributed by atoms with van der Waals surface area (Å²) in [6.45, 7) is -0.505. The molecule has 1 rings (SSSR count). The van der Waals surface area contributed by atoms with Crippen molar-refractivity contribution in [1.29, 1.82) is 0 Å². The number of aliphatic hydroxyl groups is 1. The molecule has 0 aliphatic rings. The van der Waals surface area contributed by atoms with Gasteiger partial charge in [0.2, 0.25) is 0 Å². The third-order valence-corrected chi connectivity index (χ3v) is 1.11. The average Bonchev–Trinajstić information content (AvgIpc) is 1.88. The first-order valence-electron chi connectivity index (χ1n) is 2.66. The summed E-state index contributed by atoms with van der Waals surface area (Å²) in [6.07, 6.45) is 1.07. The second-order valence-electron chi connectivity index (χ2n) is 1.73. The van der Waals surface area contributed by atoms with Gasteiger partial charge < -0.3 is 14.6 Å². The van der Waals surface area contributed by atoms with Crippen LogP contribution in [0.25, 0.3) is 0 Å². The minimum Gasteiger partial charge on any atom is -0.507 e. The molecule has 1 heterocycles. The first kappa shape index (κ1) is 6.82. The molecule has 0 aliphatic heterocycles. The van der Waals surface area contributed by atoms with Crippen molar-refractivity contribution in [2.24, 2.45) is 0 Å². The fraction of sp³-hybridized carbons (Fsp3) is 0.167. The van der Waals surface area contributed by atoms with E-state index in [1.54, 1.807) is 0 Å². The number of rotatable bonds is 1. The van der Waals surface area contributed by atoms with Crippen molar-refractivity contribution in [3.63, 3.8) is 0 Å². The number of hydrogen-bond donors (Lipinski definition) is 2. The lowest BCUT2D eigenvalue weighted by atomic mass is 10.3. The van der Waals surface area contributed by atoms with Crippen LogP contribution in [0.4, 0.5) is 0 Å². The second-order valence-corrected chi connectivity index (χ2v) is 1.73. The zero-order valence-electron chi connectivity index (χ0n) is 5.07. The van der Waals surface area contributed by atoms with Crippen LogP contribution < -0.4 is 5.63 Å². The van der Waals surface area contributed by atoms with E-state index in [1.165, 1.54) is 6.07 Å². The first-order chi connectivity index (χ1) is 4.75.